The highest BCUT2D eigenvalue weighted by Crippen LogP contribution is 1.95. The average Bonchev–Trinajstić information content (AvgIpc) is 2.35. The number of amides is 1. The van der Waals surface area contributed by atoms with E-state index in [-0.39, 0.29) is 6.54 Å². The van der Waals surface area contributed by atoms with Crippen LogP contribution in [0.25, 0.3) is 0 Å². The molecule has 1 unspecified atom stereocenters. The van der Waals surface area contributed by atoms with Crippen LogP contribution in [0, 0.1) is 0 Å². The third-order valence-corrected chi connectivity index (χ3v) is 1.85. The van der Waals surface area contributed by atoms with Gasteiger partial charge in [0.15, 0.2) is 6.10 Å². The van der Waals surface area contributed by atoms with Gasteiger partial charge in [0.25, 0.3) is 5.91 Å². The quantitative estimate of drug-likeness (QED) is 0.663. The second-order valence-corrected chi connectivity index (χ2v) is 2.99. The summed E-state index contributed by atoms with van der Waals surface area (Å²) in [7, 11) is 1.16. The highest BCUT2D eigenvalue weighted by atomic mass is 16.5. The Bertz CT molecular complexity index is 366. The van der Waals surface area contributed by atoms with Gasteiger partial charge in [0.05, 0.1) is 19.2 Å². The number of hydrogen-bond acceptors (Lipinski definition) is 5. The van der Waals surface area contributed by atoms with Crippen molar-refractivity contribution in [3.05, 3.63) is 30.1 Å². The van der Waals surface area contributed by atoms with E-state index in [4.69, 9.17) is 0 Å². The maximum absolute atomic E-state index is 11.4. The van der Waals surface area contributed by atoms with E-state index in [0.717, 1.165) is 7.11 Å². The third-order valence-electron chi connectivity index (χ3n) is 1.85. The zero-order chi connectivity index (χ0) is 12.0. The summed E-state index contributed by atoms with van der Waals surface area (Å²) in [6.07, 6.45) is 1.57. The molecule has 0 saturated heterocycles. The van der Waals surface area contributed by atoms with Crippen LogP contribution in [0.3, 0.4) is 0 Å². The molecule has 1 aromatic heterocycles. The summed E-state index contributed by atoms with van der Waals surface area (Å²) in [6, 6.07) is 3.19. The first-order valence-corrected chi connectivity index (χ1v) is 4.59. The number of ether oxygens (including phenoxy) is 1. The van der Waals surface area contributed by atoms with Crippen LogP contribution >= 0.6 is 0 Å². The van der Waals surface area contributed by atoms with Crippen molar-refractivity contribution in [2.45, 2.75) is 6.10 Å². The Balaban J connectivity index is 2.45. The molecule has 2 N–H and O–H groups in total. The number of methoxy groups -OCH3 is 1. The van der Waals surface area contributed by atoms with Crippen molar-refractivity contribution in [3.63, 3.8) is 0 Å². The van der Waals surface area contributed by atoms with Gasteiger partial charge >= 0.3 is 5.97 Å². The van der Waals surface area contributed by atoms with Gasteiger partial charge in [0.2, 0.25) is 0 Å². The summed E-state index contributed by atoms with van der Waals surface area (Å²) in [4.78, 5) is 26.0. The molecule has 0 aromatic carbocycles. The standard InChI is InChI=1S/C10H12N2O4/c1-16-10(15)8(13)6-12-9(14)7-3-2-4-11-5-7/h2-5,8,13H,6H2,1H3,(H,12,14). The Kier molecular flexibility index (Phi) is 4.41. The van der Waals surface area contributed by atoms with Gasteiger partial charge in [-0.15, -0.1) is 0 Å². The van der Waals surface area contributed by atoms with E-state index < -0.39 is 18.0 Å². The molecule has 86 valence electrons. The average molecular weight is 224 g/mol. The number of hydrogen-bond donors (Lipinski definition) is 2. The molecule has 0 fully saturated rings. The molecule has 6 heteroatoms. The highest BCUT2D eigenvalue weighted by Gasteiger charge is 2.16. The van der Waals surface area contributed by atoms with Crippen molar-refractivity contribution < 1.29 is 19.4 Å². The zero-order valence-corrected chi connectivity index (χ0v) is 8.71. The molecule has 0 aliphatic rings. The van der Waals surface area contributed by atoms with Gasteiger partial charge in [0, 0.05) is 12.4 Å². The first-order valence-electron chi connectivity index (χ1n) is 4.59. The lowest BCUT2D eigenvalue weighted by atomic mass is 10.2. The molecule has 0 saturated carbocycles. The molecule has 1 aromatic rings. The molecule has 0 radical (unpaired) electrons. The number of aliphatic hydroxyl groups is 1. The predicted octanol–water partition coefficient (Wildman–Crippen LogP) is -0.655. The van der Waals surface area contributed by atoms with Crippen LogP contribution in [0.1, 0.15) is 10.4 Å². The number of nitrogens with zero attached hydrogens (tertiary/aromatic N) is 1. The highest BCUT2D eigenvalue weighted by molar-refractivity contribution is 5.94. The summed E-state index contributed by atoms with van der Waals surface area (Å²) in [6.45, 7) is -0.194. The van der Waals surface area contributed by atoms with Crippen LogP contribution in [0.15, 0.2) is 24.5 Å². The van der Waals surface area contributed by atoms with E-state index in [9.17, 15) is 14.7 Å². The molecular formula is C10H12N2O4. The van der Waals surface area contributed by atoms with Crippen molar-refractivity contribution >= 4 is 11.9 Å². The predicted molar refractivity (Wildman–Crippen MR) is 54.6 cm³/mol. The maximum atomic E-state index is 11.4. The number of rotatable bonds is 4. The van der Waals surface area contributed by atoms with Gasteiger partial charge in [0.1, 0.15) is 0 Å². The number of aromatic nitrogens is 1. The second-order valence-electron chi connectivity index (χ2n) is 2.99. The molecule has 6 nitrogen and oxygen atoms in total. The summed E-state index contributed by atoms with van der Waals surface area (Å²) in [5.41, 5.74) is 0.361. The summed E-state index contributed by atoms with van der Waals surface area (Å²) < 4.78 is 4.30. The van der Waals surface area contributed by atoms with Gasteiger partial charge < -0.3 is 15.2 Å². The summed E-state index contributed by atoms with van der Waals surface area (Å²) in [5, 5.41) is 11.6. The van der Waals surface area contributed by atoms with Crippen LogP contribution in [0.2, 0.25) is 0 Å². The van der Waals surface area contributed by atoms with E-state index in [1.54, 1.807) is 18.3 Å². The fourth-order valence-corrected chi connectivity index (χ4v) is 1.01. The van der Waals surface area contributed by atoms with Gasteiger partial charge in [-0.3, -0.25) is 9.78 Å². The van der Waals surface area contributed by atoms with Gasteiger partial charge in [-0.05, 0) is 12.1 Å². The first-order chi connectivity index (χ1) is 7.65. The SMILES string of the molecule is COC(=O)C(O)CNC(=O)c1cccnc1. The van der Waals surface area contributed by atoms with Crippen molar-refractivity contribution in [1.82, 2.24) is 10.3 Å². The van der Waals surface area contributed by atoms with Crippen molar-refractivity contribution in [3.8, 4) is 0 Å². The van der Waals surface area contributed by atoms with Crippen LogP contribution < -0.4 is 5.32 Å². The summed E-state index contributed by atoms with van der Waals surface area (Å²) >= 11 is 0. The molecule has 1 heterocycles. The molecule has 0 aliphatic carbocycles. The van der Waals surface area contributed by atoms with E-state index in [1.165, 1.54) is 6.20 Å². The lowest BCUT2D eigenvalue weighted by Gasteiger charge is -2.09. The van der Waals surface area contributed by atoms with Crippen molar-refractivity contribution in [2.24, 2.45) is 0 Å². The molecule has 16 heavy (non-hydrogen) atoms. The largest absolute Gasteiger partial charge is 0.467 e. The lowest BCUT2D eigenvalue weighted by Crippen LogP contribution is -2.37. The van der Waals surface area contributed by atoms with Crippen LogP contribution in [0.5, 0.6) is 0 Å². The van der Waals surface area contributed by atoms with Crippen molar-refractivity contribution in [1.29, 1.82) is 0 Å². The minimum absolute atomic E-state index is 0.194. The number of aliphatic hydroxyl groups excluding tert-OH is 1. The van der Waals surface area contributed by atoms with E-state index in [1.807, 2.05) is 0 Å². The molecular weight excluding hydrogens is 212 g/mol. The molecule has 1 rings (SSSR count). The Morgan fingerprint density at radius 2 is 2.38 bits per heavy atom. The maximum Gasteiger partial charge on any atom is 0.336 e. The number of carbonyl (C=O) groups excluding carboxylic acids is 2. The topological polar surface area (TPSA) is 88.5 Å². The van der Waals surface area contributed by atoms with Crippen LogP contribution in [-0.2, 0) is 9.53 Å². The molecule has 0 bridgehead atoms. The van der Waals surface area contributed by atoms with E-state index in [2.05, 4.69) is 15.0 Å². The van der Waals surface area contributed by atoms with Crippen LogP contribution in [0.4, 0.5) is 0 Å². The molecule has 1 atom stereocenters. The minimum Gasteiger partial charge on any atom is -0.467 e. The Hall–Kier alpha value is -1.95. The Labute approximate surface area is 92.3 Å². The third kappa shape index (κ3) is 3.32. The van der Waals surface area contributed by atoms with Gasteiger partial charge in [-0.2, -0.15) is 0 Å². The van der Waals surface area contributed by atoms with Gasteiger partial charge in [-0.25, -0.2) is 4.79 Å². The minimum atomic E-state index is -1.36. The van der Waals surface area contributed by atoms with E-state index in [0.29, 0.717) is 5.56 Å². The van der Waals surface area contributed by atoms with E-state index >= 15 is 0 Å². The number of pyridine rings is 1. The molecule has 0 aliphatic heterocycles. The number of nitrogens with one attached hydrogen (secondary N) is 1. The van der Waals surface area contributed by atoms with Crippen molar-refractivity contribution in [2.75, 3.05) is 13.7 Å². The molecule has 0 spiro atoms. The monoisotopic (exact) mass is 224 g/mol. The smallest absolute Gasteiger partial charge is 0.336 e. The fourth-order valence-electron chi connectivity index (χ4n) is 1.01. The Morgan fingerprint density at radius 1 is 1.62 bits per heavy atom. The molecule has 1 amide bonds. The number of esters is 1. The van der Waals surface area contributed by atoms with Crippen LogP contribution in [-0.4, -0.2) is 41.7 Å². The summed E-state index contributed by atoms with van der Waals surface area (Å²) in [5.74, 6) is -1.19. The number of carbonyl (C=O) groups is 2. The normalized spacial score (nSPS) is 11.6. The Morgan fingerprint density at radius 3 is 2.94 bits per heavy atom. The lowest BCUT2D eigenvalue weighted by molar-refractivity contribution is -0.149. The zero-order valence-electron chi connectivity index (χ0n) is 8.71. The fraction of sp³-hybridized carbons (Fsp3) is 0.300. The first kappa shape index (κ1) is 12.1. The second kappa shape index (κ2) is 5.82. The van der Waals surface area contributed by atoms with Gasteiger partial charge in [-0.1, -0.05) is 0 Å².